The Morgan fingerprint density at radius 1 is 1.06 bits per heavy atom. The van der Waals surface area contributed by atoms with Gasteiger partial charge in [0.1, 0.15) is 5.82 Å². The zero-order chi connectivity index (χ0) is 12.3. The molecule has 0 saturated carbocycles. The molecule has 0 aromatic heterocycles. The van der Waals surface area contributed by atoms with Crippen molar-refractivity contribution in [2.45, 2.75) is 12.5 Å². The second kappa shape index (κ2) is 4.97. The molecule has 3 heteroatoms. The maximum atomic E-state index is 13.4. The molecule has 1 atom stereocenters. The van der Waals surface area contributed by atoms with Crippen LogP contribution in [0.1, 0.15) is 17.2 Å². The number of nitrogen functional groups attached to an aromatic ring is 1. The van der Waals surface area contributed by atoms with Gasteiger partial charge in [-0.1, -0.05) is 30.3 Å². The Morgan fingerprint density at radius 2 is 1.71 bits per heavy atom. The molecule has 0 aliphatic heterocycles. The monoisotopic (exact) mass is 231 g/mol. The van der Waals surface area contributed by atoms with Gasteiger partial charge in [0, 0.05) is 12.1 Å². The summed E-state index contributed by atoms with van der Waals surface area (Å²) in [5.41, 5.74) is 7.46. The van der Waals surface area contributed by atoms with Crippen molar-refractivity contribution in [1.29, 1.82) is 0 Å². The summed E-state index contributed by atoms with van der Waals surface area (Å²) in [4.78, 5) is 0. The first-order valence-electron chi connectivity index (χ1n) is 5.44. The van der Waals surface area contributed by atoms with E-state index in [0.29, 0.717) is 11.3 Å². The van der Waals surface area contributed by atoms with Crippen LogP contribution in [-0.4, -0.2) is 5.11 Å². The van der Waals surface area contributed by atoms with Gasteiger partial charge in [0.05, 0.1) is 6.10 Å². The van der Waals surface area contributed by atoms with Crippen molar-refractivity contribution < 1.29 is 9.50 Å². The van der Waals surface area contributed by atoms with Gasteiger partial charge >= 0.3 is 0 Å². The van der Waals surface area contributed by atoms with Crippen LogP contribution in [0.2, 0.25) is 0 Å². The minimum atomic E-state index is -0.715. The average molecular weight is 231 g/mol. The van der Waals surface area contributed by atoms with E-state index < -0.39 is 6.10 Å². The second-order valence-electron chi connectivity index (χ2n) is 3.98. The van der Waals surface area contributed by atoms with Crippen LogP contribution >= 0.6 is 0 Å². The third-order valence-corrected chi connectivity index (χ3v) is 2.69. The summed E-state index contributed by atoms with van der Waals surface area (Å²) in [6.07, 6.45) is -0.455. The lowest BCUT2D eigenvalue weighted by molar-refractivity contribution is 0.177. The Balaban J connectivity index is 2.14. The minimum Gasteiger partial charge on any atom is -0.399 e. The Labute approximate surface area is 99.5 Å². The summed E-state index contributed by atoms with van der Waals surface area (Å²) >= 11 is 0. The van der Waals surface area contributed by atoms with Crippen LogP contribution in [0, 0.1) is 5.82 Å². The van der Waals surface area contributed by atoms with E-state index in [0.717, 1.165) is 5.56 Å². The van der Waals surface area contributed by atoms with Crippen molar-refractivity contribution in [2.24, 2.45) is 0 Å². The number of hydrogen-bond acceptors (Lipinski definition) is 2. The first kappa shape index (κ1) is 11.6. The van der Waals surface area contributed by atoms with Crippen LogP contribution < -0.4 is 5.73 Å². The second-order valence-corrected chi connectivity index (χ2v) is 3.98. The van der Waals surface area contributed by atoms with Crippen molar-refractivity contribution >= 4 is 5.69 Å². The highest BCUT2D eigenvalue weighted by Crippen LogP contribution is 2.20. The number of anilines is 1. The van der Waals surface area contributed by atoms with E-state index in [9.17, 15) is 9.50 Å². The molecule has 88 valence electrons. The molecule has 0 bridgehead atoms. The smallest absolute Gasteiger partial charge is 0.126 e. The fourth-order valence-electron chi connectivity index (χ4n) is 1.71. The van der Waals surface area contributed by atoms with Crippen LogP contribution in [0.3, 0.4) is 0 Å². The zero-order valence-electron chi connectivity index (χ0n) is 9.31. The van der Waals surface area contributed by atoms with Gasteiger partial charge in [-0.2, -0.15) is 0 Å². The molecule has 0 saturated heterocycles. The van der Waals surface area contributed by atoms with Crippen molar-refractivity contribution in [2.75, 3.05) is 5.73 Å². The van der Waals surface area contributed by atoms with Gasteiger partial charge in [0.25, 0.3) is 0 Å². The zero-order valence-corrected chi connectivity index (χ0v) is 9.31. The Morgan fingerprint density at radius 3 is 2.35 bits per heavy atom. The molecular formula is C14H14FNO. The van der Waals surface area contributed by atoms with Crippen LogP contribution in [0.25, 0.3) is 0 Å². The fourth-order valence-corrected chi connectivity index (χ4v) is 1.71. The highest BCUT2D eigenvalue weighted by Gasteiger charge is 2.10. The number of benzene rings is 2. The molecule has 0 heterocycles. The van der Waals surface area contributed by atoms with E-state index in [1.165, 1.54) is 6.07 Å². The largest absolute Gasteiger partial charge is 0.399 e. The average Bonchev–Trinajstić information content (AvgIpc) is 2.33. The van der Waals surface area contributed by atoms with Crippen molar-refractivity contribution in [1.82, 2.24) is 0 Å². The Hall–Kier alpha value is -1.87. The number of rotatable bonds is 3. The van der Waals surface area contributed by atoms with Crippen molar-refractivity contribution in [3.05, 3.63) is 65.5 Å². The lowest BCUT2D eigenvalue weighted by atomic mass is 10.0. The molecule has 2 aromatic carbocycles. The van der Waals surface area contributed by atoms with Crippen LogP contribution in [-0.2, 0) is 6.42 Å². The molecule has 0 spiro atoms. The van der Waals surface area contributed by atoms with Gasteiger partial charge in [0.2, 0.25) is 0 Å². The summed E-state index contributed by atoms with van der Waals surface area (Å²) in [6.45, 7) is 0. The summed E-state index contributed by atoms with van der Waals surface area (Å²) in [6, 6.07) is 13.4. The highest BCUT2D eigenvalue weighted by atomic mass is 19.1. The first-order chi connectivity index (χ1) is 8.16. The molecule has 0 amide bonds. The van der Waals surface area contributed by atoms with Gasteiger partial charge in [-0.25, -0.2) is 4.39 Å². The summed E-state index contributed by atoms with van der Waals surface area (Å²) in [7, 11) is 0. The van der Waals surface area contributed by atoms with Gasteiger partial charge in [0.15, 0.2) is 0 Å². The molecule has 2 rings (SSSR count). The third kappa shape index (κ3) is 2.82. The fraction of sp³-hybridized carbons (Fsp3) is 0.143. The van der Waals surface area contributed by atoms with E-state index in [2.05, 4.69) is 0 Å². The molecule has 2 aromatic rings. The number of aliphatic hydroxyl groups excluding tert-OH is 1. The van der Waals surface area contributed by atoms with E-state index in [4.69, 9.17) is 5.73 Å². The predicted molar refractivity (Wildman–Crippen MR) is 65.9 cm³/mol. The topological polar surface area (TPSA) is 46.2 Å². The highest BCUT2D eigenvalue weighted by molar-refractivity contribution is 5.40. The molecule has 3 N–H and O–H groups in total. The quantitative estimate of drug-likeness (QED) is 0.798. The van der Waals surface area contributed by atoms with Gasteiger partial charge in [-0.3, -0.25) is 0 Å². The van der Waals surface area contributed by atoms with E-state index >= 15 is 0 Å². The molecule has 0 fully saturated rings. The van der Waals surface area contributed by atoms with Crippen LogP contribution in [0.15, 0.2) is 48.5 Å². The Bertz CT molecular complexity index is 496. The lowest BCUT2D eigenvalue weighted by Gasteiger charge is -2.11. The standard InChI is InChI=1S/C14H14FNO/c15-13-4-2-1-3-11(13)9-14(17)10-5-7-12(16)8-6-10/h1-8,14,17H,9,16H2. The number of aliphatic hydroxyl groups is 1. The first-order valence-corrected chi connectivity index (χ1v) is 5.44. The van der Waals surface area contributed by atoms with E-state index in [1.54, 1.807) is 42.5 Å². The van der Waals surface area contributed by atoms with Crippen molar-refractivity contribution in [3.63, 3.8) is 0 Å². The van der Waals surface area contributed by atoms with E-state index in [1.807, 2.05) is 0 Å². The maximum Gasteiger partial charge on any atom is 0.126 e. The van der Waals surface area contributed by atoms with Crippen LogP contribution in [0.5, 0.6) is 0 Å². The normalized spacial score (nSPS) is 12.4. The minimum absolute atomic E-state index is 0.261. The third-order valence-electron chi connectivity index (χ3n) is 2.69. The van der Waals surface area contributed by atoms with E-state index in [-0.39, 0.29) is 12.2 Å². The molecular weight excluding hydrogens is 217 g/mol. The molecule has 17 heavy (non-hydrogen) atoms. The van der Waals surface area contributed by atoms with Gasteiger partial charge < -0.3 is 10.8 Å². The molecule has 1 unspecified atom stereocenters. The molecule has 2 nitrogen and oxygen atoms in total. The SMILES string of the molecule is Nc1ccc(C(O)Cc2ccccc2F)cc1. The number of hydrogen-bond donors (Lipinski definition) is 2. The van der Waals surface area contributed by atoms with Crippen molar-refractivity contribution in [3.8, 4) is 0 Å². The maximum absolute atomic E-state index is 13.4. The molecule has 0 aliphatic carbocycles. The van der Waals surface area contributed by atoms with Gasteiger partial charge in [-0.05, 0) is 29.3 Å². The summed E-state index contributed by atoms with van der Waals surface area (Å²) in [5.74, 6) is -0.290. The molecule has 0 aliphatic rings. The van der Waals surface area contributed by atoms with Crippen LogP contribution in [0.4, 0.5) is 10.1 Å². The number of nitrogens with two attached hydrogens (primary N) is 1. The lowest BCUT2D eigenvalue weighted by Crippen LogP contribution is -2.03. The predicted octanol–water partition coefficient (Wildman–Crippen LogP) is 2.68. The molecule has 0 radical (unpaired) electrons. The number of halogens is 1. The van der Waals surface area contributed by atoms with Gasteiger partial charge in [-0.15, -0.1) is 0 Å². The summed E-state index contributed by atoms with van der Waals surface area (Å²) in [5, 5.41) is 9.98. The Kier molecular flexibility index (Phi) is 3.40. The summed E-state index contributed by atoms with van der Waals surface area (Å²) < 4.78 is 13.4.